The average Bonchev–Trinajstić information content (AvgIpc) is 2.62. The minimum Gasteiger partial charge on any atom is -0.347 e. The Kier molecular flexibility index (Phi) is 6.65. The lowest BCUT2D eigenvalue weighted by atomic mass is 10.0. The molecule has 4 N–H and O–H groups in total. The van der Waals surface area contributed by atoms with Crippen molar-refractivity contribution in [1.29, 1.82) is 0 Å². The largest absolute Gasteiger partial charge is 0.347 e. The Balaban J connectivity index is 2.10. The average molecular weight is 340 g/mol. The van der Waals surface area contributed by atoms with E-state index in [1.54, 1.807) is 20.0 Å². The molecule has 0 fully saturated rings. The van der Waals surface area contributed by atoms with Crippen molar-refractivity contribution in [3.05, 3.63) is 66.0 Å². The summed E-state index contributed by atoms with van der Waals surface area (Å²) in [6.45, 7) is 3.21. The van der Waals surface area contributed by atoms with Gasteiger partial charge in [-0.3, -0.25) is 14.6 Å². The van der Waals surface area contributed by atoms with Gasteiger partial charge in [-0.2, -0.15) is 0 Å². The van der Waals surface area contributed by atoms with Crippen LogP contribution in [-0.4, -0.2) is 28.9 Å². The Morgan fingerprint density at radius 3 is 2.28 bits per heavy atom. The van der Waals surface area contributed by atoms with Crippen LogP contribution >= 0.6 is 0 Å². The van der Waals surface area contributed by atoms with Gasteiger partial charge in [0.05, 0.1) is 12.1 Å². The summed E-state index contributed by atoms with van der Waals surface area (Å²) in [5.74, 6) is -0.623. The maximum atomic E-state index is 12.5. The third kappa shape index (κ3) is 5.69. The summed E-state index contributed by atoms with van der Waals surface area (Å²) in [5, 5.41) is 5.60. The topological polar surface area (TPSA) is 97.1 Å². The summed E-state index contributed by atoms with van der Waals surface area (Å²) in [4.78, 5) is 28.5. The van der Waals surface area contributed by atoms with Crippen molar-refractivity contribution in [3.8, 4) is 0 Å². The molecule has 6 heteroatoms. The molecule has 6 nitrogen and oxygen atoms in total. The van der Waals surface area contributed by atoms with Crippen LogP contribution in [0.2, 0.25) is 0 Å². The highest BCUT2D eigenvalue weighted by Gasteiger charge is 2.22. The third-order valence-electron chi connectivity index (χ3n) is 3.82. The molecule has 2 aromatic rings. The normalized spacial score (nSPS) is 14.2. The van der Waals surface area contributed by atoms with Crippen LogP contribution in [0, 0.1) is 0 Å². The molecule has 0 radical (unpaired) electrons. The van der Waals surface area contributed by atoms with Gasteiger partial charge in [-0.15, -0.1) is 0 Å². The molecule has 0 aliphatic heterocycles. The van der Waals surface area contributed by atoms with E-state index < -0.39 is 12.1 Å². The molecule has 3 atom stereocenters. The van der Waals surface area contributed by atoms with Crippen LogP contribution in [0.4, 0.5) is 0 Å². The zero-order valence-electron chi connectivity index (χ0n) is 14.5. The lowest BCUT2D eigenvalue weighted by Crippen LogP contribution is -2.50. The Morgan fingerprint density at radius 1 is 1.00 bits per heavy atom. The van der Waals surface area contributed by atoms with Gasteiger partial charge < -0.3 is 16.4 Å². The highest BCUT2D eigenvalue weighted by molar-refractivity contribution is 5.89. The number of carbonyl (C=O) groups is 2. The first-order chi connectivity index (χ1) is 12.0. The molecule has 2 rings (SSSR count). The summed E-state index contributed by atoms with van der Waals surface area (Å²) in [7, 11) is 0. The number of benzene rings is 1. The Hall–Kier alpha value is -2.73. The summed E-state index contributed by atoms with van der Waals surface area (Å²) in [6.07, 6.45) is 2.29. The van der Waals surface area contributed by atoms with Crippen molar-refractivity contribution in [1.82, 2.24) is 15.6 Å². The first-order valence-electron chi connectivity index (χ1n) is 8.28. The van der Waals surface area contributed by atoms with E-state index in [9.17, 15) is 9.59 Å². The molecule has 1 heterocycles. The summed E-state index contributed by atoms with van der Waals surface area (Å²) >= 11 is 0. The SMILES string of the molecule is C[C@H](NC(=O)[C@@H](C)N)C(=O)NC(Cc1ccccn1)c1ccccc1. The van der Waals surface area contributed by atoms with Crippen LogP contribution in [0.5, 0.6) is 0 Å². The highest BCUT2D eigenvalue weighted by Crippen LogP contribution is 2.17. The van der Waals surface area contributed by atoms with Gasteiger partial charge in [0, 0.05) is 18.3 Å². The zero-order chi connectivity index (χ0) is 18.2. The van der Waals surface area contributed by atoms with E-state index in [1.165, 1.54) is 0 Å². The number of carbonyl (C=O) groups excluding carboxylic acids is 2. The van der Waals surface area contributed by atoms with Crippen LogP contribution in [0.15, 0.2) is 54.7 Å². The molecule has 25 heavy (non-hydrogen) atoms. The highest BCUT2D eigenvalue weighted by atomic mass is 16.2. The maximum absolute atomic E-state index is 12.5. The lowest BCUT2D eigenvalue weighted by Gasteiger charge is -2.22. The molecular weight excluding hydrogens is 316 g/mol. The molecule has 0 aliphatic carbocycles. The first kappa shape index (κ1) is 18.6. The smallest absolute Gasteiger partial charge is 0.242 e. The molecule has 1 unspecified atom stereocenters. The van der Waals surface area contributed by atoms with E-state index >= 15 is 0 Å². The number of rotatable bonds is 7. The van der Waals surface area contributed by atoms with Crippen molar-refractivity contribution in [3.63, 3.8) is 0 Å². The molecule has 0 spiro atoms. The number of hydrogen-bond donors (Lipinski definition) is 3. The Bertz CT molecular complexity index is 689. The van der Waals surface area contributed by atoms with Crippen LogP contribution < -0.4 is 16.4 Å². The van der Waals surface area contributed by atoms with E-state index in [0.29, 0.717) is 6.42 Å². The summed E-state index contributed by atoms with van der Waals surface area (Å²) in [5.41, 5.74) is 7.38. The number of nitrogens with zero attached hydrogens (tertiary/aromatic N) is 1. The fourth-order valence-corrected chi connectivity index (χ4v) is 2.37. The second kappa shape index (κ2) is 8.94. The maximum Gasteiger partial charge on any atom is 0.242 e. The standard InChI is InChI=1S/C19H24N4O2/c1-13(20)18(24)22-14(2)19(25)23-17(15-8-4-3-5-9-15)12-16-10-6-7-11-21-16/h3-11,13-14,17H,12,20H2,1-2H3,(H,22,24)(H,23,25)/t13-,14+,17?/m1/s1. The molecule has 1 aromatic heterocycles. The second-order valence-corrected chi connectivity index (χ2v) is 6.02. The zero-order valence-corrected chi connectivity index (χ0v) is 14.5. The van der Waals surface area contributed by atoms with E-state index in [-0.39, 0.29) is 17.9 Å². The first-order valence-corrected chi connectivity index (χ1v) is 8.28. The Morgan fingerprint density at radius 2 is 1.68 bits per heavy atom. The molecule has 0 saturated carbocycles. The van der Waals surface area contributed by atoms with E-state index in [0.717, 1.165) is 11.3 Å². The molecule has 0 aliphatic rings. The fourth-order valence-electron chi connectivity index (χ4n) is 2.37. The van der Waals surface area contributed by atoms with Gasteiger partial charge >= 0.3 is 0 Å². The van der Waals surface area contributed by atoms with Crippen molar-refractivity contribution in [2.45, 2.75) is 38.4 Å². The van der Waals surface area contributed by atoms with Crippen LogP contribution in [-0.2, 0) is 16.0 Å². The molecule has 0 saturated heterocycles. The van der Waals surface area contributed by atoms with E-state index in [4.69, 9.17) is 5.73 Å². The number of nitrogens with one attached hydrogen (secondary N) is 2. The van der Waals surface area contributed by atoms with Crippen molar-refractivity contribution in [2.24, 2.45) is 5.73 Å². The number of hydrogen-bond acceptors (Lipinski definition) is 4. The quantitative estimate of drug-likeness (QED) is 0.708. The van der Waals surface area contributed by atoms with E-state index in [2.05, 4.69) is 15.6 Å². The molecule has 2 amide bonds. The van der Waals surface area contributed by atoms with Crippen LogP contribution in [0.1, 0.15) is 31.1 Å². The van der Waals surface area contributed by atoms with Crippen molar-refractivity contribution in [2.75, 3.05) is 0 Å². The van der Waals surface area contributed by atoms with Gasteiger partial charge in [-0.1, -0.05) is 36.4 Å². The minimum atomic E-state index is -0.673. The molecular formula is C19H24N4O2. The van der Waals surface area contributed by atoms with Crippen LogP contribution in [0.25, 0.3) is 0 Å². The van der Waals surface area contributed by atoms with Gasteiger partial charge in [0.2, 0.25) is 11.8 Å². The fraction of sp³-hybridized carbons (Fsp3) is 0.316. The van der Waals surface area contributed by atoms with Crippen molar-refractivity contribution >= 4 is 11.8 Å². The number of aromatic nitrogens is 1. The van der Waals surface area contributed by atoms with Gasteiger partial charge in [0.15, 0.2) is 0 Å². The van der Waals surface area contributed by atoms with Gasteiger partial charge in [0.25, 0.3) is 0 Å². The van der Waals surface area contributed by atoms with Crippen LogP contribution in [0.3, 0.4) is 0 Å². The molecule has 132 valence electrons. The predicted molar refractivity (Wildman–Crippen MR) is 96.5 cm³/mol. The number of pyridine rings is 1. The van der Waals surface area contributed by atoms with Gasteiger partial charge in [-0.05, 0) is 31.5 Å². The predicted octanol–water partition coefficient (Wildman–Crippen LogP) is 1.33. The lowest BCUT2D eigenvalue weighted by molar-refractivity contribution is -0.129. The summed E-state index contributed by atoms with van der Waals surface area (Å²) in [6, 6.07) is 13.8. The van der Waals surface area contributed by atoms with Gasteiger partial charge in [-0.25, -0.2) is 0 Å². The van der Waals surface area contributed by atoms with Gasteiger partial charge in [0.1, 0.15) is 6.04 Å². The monoisotopic (exact) mass is 340 g/mol. The summed E-state index contributed by atoms with van der Waals surface area (Å²) < 4.78 is 0. The molecule has 1 aromatic carbocycles. The molecule has 0 bridgehead atoms. The minimum absolute atomic E-state index is 0.238. The third-order valence-corrected chi connectivity index (χ3v) is 3.82. The number of nitrogens with two attached hydrogens (primary N) is 1. The Labute approximate surface area is 147 Å². The van der Waals surface area contributed by atoms with Crippen molar-refractivity contribution < 1.29 is 9.59 Å². The second-order valence-electron chi connectivity index (χ2n) is 6.02. The number of amides is 2. The van der Waals surface area contributed by atoms with E-state index in [1.807, 2.05) is 48.5 Å².